The summed E-state index contributed by atoms with van der Waals surface area (Å²) in [5.41, 5.74) is 8.57. The summed E-state index contributed by atoms with van der Waals surface area (Å²) in [7, 11) is 0. The van der Waals surface area contributed by atoms with Crippen molar-refractivity contribution in [3.8, 4) is 5.69 Å². The van der Waals surface area contributed by atoms with E-state index >= 15 is 0 Å². The number of carbonyl (C=O) groups is 1. The summed E-state index contributed by atoms with van der Waals surface area (Å²) in [4.78, 5) is 11.8. The van der Waals surface area contributed by atoms with Crippen LogP contribution in [0.4, 0.5) is 5.69 Å². The molecule has 0 saturated heterocycles. The van der Waals surface area contributed by atoms with Gasteiger partial charge >= 0.3 is 0 Å². The van der Waals surface area contributed by atoms with Gasteiger partial charge in [0.2, 0.25) is 0 Å². The third kappa shape index (κ3) is 2.39. The topological polar surface area (TPSA) is 48.0 Å². The molecule has 0 bridgehead atoms. The number of hydrogen-bond donors (Lipinski definition) is 1. The van der Waals surface area contributed by atoms with Crippen molar-refractivity contribution in [2.24, 2.45) is 0 Å². The van der Waals surface area contributed by atoms with Crippen LogP contribution in [0.2, 0.25) is 10.0 Å². The van der Waals surface area contributed by atoms with Gasteiger partial charge in [0.1, 0.15) is 0 Å². The van der Waals surface area contributed by atoms with E-state index in [0.29, 0.717) is 21.3 Å². The highest BCUT2D eigenvalue weighted by atomic mass is 35.5. The van der Waals surface area contributed by atoms with Crippen LogP contribution in [-0.4, -0.2) is 10.4 Å². The molecule has 2 N–H and O–H groups in total. The van der Waals surface area contributed by atoms with E-state index in [-0.39, 0.29) is 5.78 Å². The van der Waals surface area contributed by atoms with E-state index in [1.807, 2.05) is 16.7 Å². The summed E-state index contributed by atoms with van der Waals surface area (Å²) in [5.74, 6) is -0.0208. The molecule has 0 atom stereocenters. The maximum Gasteiger partial charge on any atom is 0.161 e. The molecule has 0 aliphatic heterocycles. The SMILES string of the molecule is CC(=O)c1cn(-c2ccc(N)cc2Cl)c2ccc(Cl)cc12. The first-order valence-corrected chi connectivity index (χ1v) is 7.10. The maximum absolute atomic E-state index is 11.8. The van der Waals surface area contributed by atoms with Crippen molar-refractivity contribution < 1.29 is 4.79 Å². The van der Waals surface area contributed by atoms with Gasteiger partial charge in [0.15, 0.2) is 5.78 Å². The van der Waals surface area contributed by atoms with Crippen molar-refractivity contribution in [2.45, 2.75) is 6.92 Å². The van der Waals surface area contributed by atoms with Crippen molar-refractivity contribution in [2.75, 3.05) is 5.73 Å². The summed E-state index contributed by atoms with van der Waals surface area (Å²) in [5, 5.41) is 1.92. The lowest BCUT2D eigenvalue weighted by atomic mass is 10.1. The Morgan fingerprint density at radius 2 is 1.90 bits per heavy atom. The van der Waals surface area contributed by atoms with Crippen molar-refractivity contribution in [3.63, 3.8) is 0 Å². The van der Waals surface area contributed by atoms with Gasteiger partial charge in [0, 0.05) is 27.9 Å². The van der Waals surface area contributed by atoms with Crippen LogP contribution in [0.3, 0.4) is 0 Å². The van der Waals surface area contributed by atoms with E-state index in [1.165, 1.54) is 6.92 Å². The second-order valence-corrected chi connectivity index (χ2v) is 5.68. The first kappa shape index (κ1) is 14.0. The Bertz CT molecular complexity index is 868. The van der Waals surface area contributed by atoms with Gasteiger partial charge in [-0.3, -0.25) is 4.79 Å². The second kappa shape index (κ2) is 5.10. The number of Topliss-reactive ketones (excluding diaryl/α,β-unsaturated/α-hetero) is 1. The van der Waals surface area contributed by atoms with Crippen LogP contribution in [0.25, 0.3) is 16.6 Å². The molecule has 1 heterocycles. The Hall–Kier alpha value is -1.97. The number of hydrogen-bond acceptors (Lipinski definition) is 2. The Morgan fingerprint density at radius 3 is 2.57 bits per heavy atom. The van der Waals surface area contributed by atoms with Gasteiger partial charge in [-0.05, 0) is 43.3 Å². The number of ketones is 1. The van der Waals surface area contributed by atoms with Crippen LogP contribution in [0.1, 0.15) is 17.3 Å². The van der Waals surface area contributed by atoms with Crippen LogP contribution in [-0.2, 0) is 0 Å². The molecule has 5 heteroatoms. The van der Waals surface area contributed by atoms with Gasteiger partial charge in [-0.15, -0.1) is 0 Å². The maximum atomic E-state index is 11.8. The Labute approximate surface area is 131 Å². The average Bonchev–Trinajstić information content (AvgIpc) is 2.77. The minimum Gasteiger partial charge on any atom is -0.399 e. The molecule has 0 aliphatic carbocycles. The molecule has 1 aromatic heterocycles. The molecule has 0 aliphatic rings. The average molecular weight is 319 g/mol. The highest BCUT2D eigenvalue weighted by Gasteiger charge is 2.15. The van der Waals surface area contributed by atoms with Crippen LogP contribution < -0.4 is 5.73 Å². The molecule has 0 saturated carbocycles. The molecule has 21 heavy (non-hydrogen) atoms. The molecule has 106 valence electrons. The normalized spacial score (nSPS) is 11.0. The number of aromatic nitrogens is 1. The zero-order chi connectivity index (χ0) is 15.1. The van der Waals surface area contributed by atoms with Crippen molar-refractivity contribution in [1.29, 1.82) is 0 Å². The van der Waals surface area contributed by atoms with Gasteiger partial charge in [-0.1, -0.05) is 23.2 Å². The fourth-order valence-corrected chi connectivity index (χ4v) is 2.85. The molecule has 3 nitrogen and oxygen atoms in total. The van der Waals surface area contributed by atoms with Gasteiger partial charge in [-0.2, -0.15) is 0 Å². The molecular formula is C16H12Cl2N2O. The third-order valence-electron chi connectivity index (χ3n) is 3.38. The lowest BCUT2D eigenvalue weighted by Gasteiger charge is -2.08. The van der Waals surface area contributed by atoms with E-state index in [9.17, 15) is 4.79 Å². The number of nitrogens with zero attached hydrogens (tertiary/aromatic N) is 1. The lowest BCUT2D eigenvalue weighted by Crippen LogP contribution is -1.95. The fraction of sp³-hybridized carbons (Fsp3) is 0.0625. The van der Waals surface area contributed by atoms with E-state index in [1.54, 1.807) is 30.5 Å². The largest absolute Gasteiger partial charge is 0.399 e. The number of halogens is 2. The van der Waals surface area contributed by atoms with Gasteiger partial charge in [-0.25, -0.2) is 0 Å². The summed E-state index contributed by atoms with van der Waals surface area (Å²) >= 11 is 12.3. The molecule has 0 radical (unpaired) electrons. The van der Waals surface area contributed by atoms with Crippen LogP contribution in [0.15, 0.2) is 42.6 Å². The number of fused-ring (bicyclic) bond motifs is 1. The Morgan fingerprint density at radius 1 is 1.14 bits per heavy atom. The van der Waals surface area contributed by atoms with Crippen LogP contribution in [0, 0.1) is 0 Å². The number of nitrogen functional groups attached to an aromatic ring is 1. The molecule has 3 rings (SSSR count). The van der Waals surface area contributed by atoms with Crippen molar-refractivity contribution in [3.05, 3.63) is 58.2 Å². The zero-order valence-corrected chi connectivity index (χ0v) is 12.7. The predicted octanol–water partition coefficient (Wildman–Crippen LogP) is 4.72. The van der Waals surface area contributed by atoms with Gasteiger partial charge in [0.25, 0.3) is 0 Å². The number of benzene rings is 2. The van der Waals surface area contributed by atoms with Crippen molar-refractivity contribution in [1.82, 2.24) is 4.57 Å². The molecule has 2 aromatic carbocycles. The zero-order valence-electron chi connectivity index (χ0n) is 11.2. The number of anilines is 1. The number of rotatable bonds is 2. The van der Waals surface area contributed by atoms with Crippen LogP contribution >= 0.6 is 23.2 Å². The summed E-state index contributed by atoms with van der Waals surface area (Å²) in [6, 6.07) is 10.7. The summed E-state index contributed by atoms with van der Waals surface area (Å²) < 4.78 is 1.88. The van der Waals surface area contributed by atoms with Crippen LogP contribution in [0.5, 0.6) is 0 Å². The van der Waals surface area contributed by atoms with E-state index < -0.39 is 0 Å². The number of carbonyl (C=O) groups excluding carboxylic acids is 1. The monoisotopic (exact) mass is 318 g/mol. The lowest BCUT2D eigenvalue weighted by molar-refractivity contribution is 0.101. The predicted molar refractivity (Wildman–Crippen MR) is 87.7 cm³/mol. The summed E-state index contributed by atoms with van der Waals surface area (Å²) in [6.07, 6.45) is 1.78. The first-order valence-electron chi connectivity index (χ1n) is 6.34. The van der Waals surface area contributed by atoms with E-state index in [4.69, 9.17) is 28.9 Å². The minimum absolute atomic E-state index is 0.0208. The molecule has 0 amide bonds. The summed E-state index contributed by atoms with van der Waals surface area (Å²) in [6.45, 7) is 1.53. The minimum atomic E-state index is -0.0208. The molecular weight excluding hydrogens is 307 g/mol. The highest BCUT2D eigenvalue weighted by molar-refractivity contribution is 6.33. The molecule has 0 unspecified atom stereocenters. The quantitative estimate of drug-likeness (QED) is 0.549. The molecule has 3 aromatic rings. The van der Waals surface area contributed by atoms with Gasteiger partial charge in [0.05, 0.1) is 16.2 Å². The van der Waals surface area contributed by atoms with E-state index in [2.05, 4.69) is 0 Å². The highest BCUT2D eigenvalue weighted by Crippen LogP contribution is 2.31. The third-order valence-corrected chi connectivity index (χ3v) is 3.91. The Balaban J connectivity index is 2.35. The van der Waals surface area contributed by atoms with E-state index in [0.717, 1.165) is 16.6 Å². The van der Waals surface area contributed by atoms with Gasteiger partial charge < -0.3 is 10.3 Å². The Kier molecular flexibility index (Phi) is 3.40. The molecule has 0 fully saturated rings. The number of nitrogens with two attached hydrogens (primary N) is 1. The smallest absolute Gasteiger partial charge is 0.161 e. The first-order chi connectivity index (χ1) is 9.97. The fourth-order valence-electron chi connectivity index (χ4n) is 2.40. The standard InChI is InChI=1S/C16H12Cl2N2O/c1-9(21)13-8-20(15-4-2-10(17)6-12(13)15)16-5-3-11(19)7-14(16)18/h2-8H,19H2,1H3. The second-order valence-electron chi connectivity index (χ2n) is 4.84. The molecule has 0 spiro atoms. The van der Waals surface area contributed by atoms with Crippen molar-refractivity contribution >= 4 is 45.6 Å².